The number of hydrogen-bond acceptors (Lipinski definition) is 4. The van der Waals surface area contributed by atoms with E-state index in [0.29, 0.717) is 0 Å². The normalized spacial score (nSPS) is 11.3. The SMILES string of the molecule is CCc1cnc(Cn2c(C)nc3cc(N)ccc32)s1. The summed E-state index contributed by atoms with van der Waals surface area (Å²) in [5.41, 5.74) is 8.61. The Morgan fingerprint density at radius 3 is 2.95 bits per heavy atom. The van der Waals surface area contributed by atoms with Gasteiger partial charge in [-0.05, 0) is 31.5 Å². The van der Waals surface area contributed by atoms with Gasteiger partial charge in [0.15, 0.2) is 0 Å². The first-order valence-electron chi connectivity index (χ1n) is 6.33. The van der Waals surface area contributed by atoms with E-state index in [1.165, 1.54) is 4.88 Å². The van der Waals surface area contributed by atoms with Crippen molar-refractivity contribution in [1.82, 2.24) is 14.5 Å². The summed E-state index contributed by atoms with van der Waals surface area (Å²) in [6, 6.07) is 5.86. The zero-order chi connectivity index (χ0) is 13.4. The lowest BCUT2D eigenvalue weighted by Gasteiger charge is -2.04. The molecule has 19 heavy (non-hydrogen) atoms. The second-order valence-electron chi connectivity index (χ2n) is 4.57. The molecule has 2 aromatic heterocycles. The monoisotopic (exact) mass is 272 g/mol. The molecular weight excluding hydrogens is 256 g/mol. The van der Waals surface area contributed by atoms with Crippen LogP contribution >= 0.6 is 11.3 Å². The van der Waals surface area contributed by atoms with Crippen LogP contribution in [0.25, 0.3) is 11.0 Å². The zero-order valence-electron chi connectivity index (χ0n) is 11.1. The third kappa shape index (κ3) is 2.21. The van der Waals surface area contributed by atoms with Crippen molar-refractivity contribution < 1.29 is 0 Å². The number of nitrogens with zero attached hydrogens (tertiary/aromatic N) is 3. The van der Waals surface area contributed by atoms with E-state index < -0.39 is 0 Å². The van der Waals surface area contributed by atoms with E-state index in [1.54, 1.807) is 11.3 Å². The van der Waals surface area contributed by atoms with Crippen LogP contribution in [0, 0.1) is 6.92 Å². The van der Waals surface area contributed by atoms with E-state index in [0.717, 1.165) is 40.5 Å². The molecule has 1 aromatic carbocycles. The van der Waals surface area contributed by atoms with Crippen LogP contribution in [-0.2, 0) is 13.0 Å². The van der Waals surface area contributed by atoms with E-state index in [4.69, 9.17) is 5.73 Å². The fourth-order valence-corrected chi connectivity index (χ4v) is 3.04. The van der Waals surface area contributed by atoms with Crippen molar-refractivity contribution >= 4 is 28.1 Å². The summed E-state index contributed by atoms with van der Waals surface area (Å²) in [5, 5.41) is 1.12. The Labute approximate surface area is 115 Å². The number of nitrogens with two attached hydrogens (primary N) is 1. The summed E-state index contributed by atoms with van der Waals surface area (Å²) in [6.07, 6.45) is 3.00. The lowest BCUT2D eigenvalue weighted by atomic mass is 10.3. The fourth-order valence-electron chi connectivity index (χ4n) is 2.19. The van der Waals surface area contributed by atoms with Crippen LogP contribution in [0.3, 0.4) is 0 Å². The predicted molar refractivity (Wildman–Crippen MR) is 79.5 cm³/mol. The molecule has 0 amide bonds. The maximum Gasteiger partial charge on any atom is 0.113 e. The van der Waals surface area contributed by atoms with Gasteiger partial charge in [0, 0.05) is 16.8 Å². The van der Waals surface area contributed by atoms with Crippen LogP contribution in [0.1, 0.15) is 22.6 Å². The minimum absolute atomic E-state index is 0.750. The van der Waals surface area contributed by atoms with Crippen molar-refractivity contribution in [3.8, 4) is 0 Å². The molecule has 4 nitrogen and oxygen atoms in total. The van der Waals surface area contributed by atoms with Crippen LogP contribution in [0.4, 0.5) is 5.69 Å². The number of thiazole rings is 1. The summed E-state index contributed by atoms with van der Waals surface area (Å²) in [5.74, 6) is 0.994. The highest BCUT2D eigenvalue weighted by molar-refractivity contribution is 7.11. The zero-order valence-corrected chi connectivity index (χ0v) is 11.9. The number of imidazole rings is 1. The smallest absolute Gasteiger partial charge is 0.113 e. The molecule has 5 heteroatoms. The van der Waals surface area contributed by atoms with Crippen LogP contribution in [0.2, 0.25) is 0 Å². The van der Waals surface area contributed by atoms with Crippen molar-refractivity contribution in [2.45, 2.75) is 26.8 Å². The Morgan fingerprint density at radius 1 is 1.37 bits per heavy atom. The molecule has 0 bridgehead atoms. The second kappa shape index (κ2) is 4.66. The number of benzene rings is 1. The van der Waals surface area contributed by atoms with Crippen LogP contribution in [0.5, 0.6) is 0 Å². The molecule has 3 aromatic rings. The maximum atomic E-state index is 5.80. The number of hydrogen-bond donors (Lipinski definition) is 1. The number of fused-ring (bicyclic) bond motifs is 1. The molecule has 0 spiro atoms. The van der Waals surface area contributed by atoms with Gasteiger partial charge < -0.3 is 10.3 Å². The molecule has 0 saturated carbocycles. The first kappa shape index (κ1) is 12.2. The molecule has 0 fully saturated rings. The Kier molecular flexibility index (Phi) is 2.98. The highest BCUT2D eigenvalue weighted by Gasteiger charge is 2.10. The molecule has 0 radical (unpaired) electrons. The highest BCUT2D eigenvalue weighted by Crippen LogP contribution is 2.22. The topological polar surface area (TPSA) is 56.7 Å². The fraction of sp³-hybridized carbons (Fsp3) is 0.286. The molecule has 0 unspecified atom stereocenters. The lowest BCUT2D eigenvalue weighted by molar-refractivity contribution is 0.780. The van der Waals surface area contributed by atoms with Gasteiger partial charge in [0.25, 0.3) is 0 Å². The molecule has 0 aliphatic rings. The summed E-state index contributed by atoms with van der Waals surface area (Å²) in [7, 11) is 0. The highest BCUT2D eigenvalue weighted by atomic mass is 32.1. The Morgan fingerprint density at radius 2 is 2.21 bits per heavy atom. The third-order valence-corrected chi connectivity index (χ3v) is 4.33. The van der Waals surface area contributed by atoms with Crippen molar-refractivity contribution in [1.29, 1.82) is 0 Å². The van der Waals surface area contributed by atoms with Gasteiger partial charge in [-0.2, -0.15) is 0 Å². The van der Waals surface area contributed by atoms with E-state index in [1.807, 2.05) is 31.3 Å². The minimum Gasteiger partial charge on any atom is -0.399 e. The number of anilines is 1. The molecule has 0 saturated heterocycles. The quantitative estimate of drug-likeness (QED) is 0.746. The van der Waals surface area contributed by atoms with Gasteiger partial charge in [0.05, 0.1) is 17.6 Å². The number of rotatable bonds is 3. The first-order chi connectivity index (χ1) is 9.17. The lowest BCUT2D eigenvalue weighted by Crippen LogP contribution is -2.01. The van der Waals surface area contributed by atoms with E-state index in [-0.39, 0.29) is 0 Å². The van der Waals surface area contributed by atoms with Crippen molar-refractivity contribution in [2.24, 2.45) is 0 Å². The molecule has 0 aliphatic carbocycles. The van der Waals surface area contributed by atoms with Gasteiger partial charge in [0.2, 0.25) is 0 Å². The molecule has 2 heterocycles. The van der Waals surface area contributed by atoms with Crippen LogP contribution in [-0.4, -0.2) is 14.5 Å². The Hall–Kier alpha value is -1.88. The van der Waals surface area contributed by atoms with Gasteiger partial charge in [-0.25, -0.2) is 9.97 Å². The maximum absolute atomic E-state index is 5.80. The van der Waals surface area contributed by atoms with Gasteiger partial charge in [0.1, 0.15) is 10.8 Å². The molecule has 3 rings (SSSR count). The summed E-state index contributed by atoms with van der Waals surface area (Å²) >= 11 is 1.77. The minimum atomic E-state index is 0.750. The summed E-state index contributed by atoms with van der Waals surface area (Å²) in [4.78, 5) is 10.4. The second-order valence-corrected chi connectivity index (χ2v) is 5.77. The Bertz CT molecular complexity index is 726. The summed E-state index contributed by atoms with van der Waals surface area (Å²) in [6.45, 7) is 4.94. The van der Waals surface area contributed by atoms with E-state index in [9.17, 15) is 0 Å². The molecule has 2 N–H and O–H groups in total. The van der Waals surface area contributed by atoms with Crippen molar-refractivity contribution in [3.05, 3.63) is 40.1 Å². The Balaban J connectivity index is 2.02. The van der Waals surface area contributed by atoms with Gasteiger partial charge in [-0.3, -0.25) is 0 Å². The predicted octanol–water partition coefficient (Wildman–Crippen LogP) is 2.99. The molecule has 0 aliphatic heterocycles. The average Bonchev–Trinajstić information content (AvgIpc) is 2.95. The van der Waals surface area contributed by atoms with Gasteiger partial charge in [-0.15, -0.1) is 11.3 Å². The summed E-state index contributed by atoms with van der Waals surface area (Å²) < 4.78 is 2.19. The van der Waals surface area contributed by atoms with Gasteiger partial charge in [-0.1, -0.05) is 6.92 Å². The average molecular weight is 272 g/mol. The third-order valence-electron chi connectivity index (χ3n) is 3.21. The van der Waals surface area contributed by atoms with Crippen molar-refractivity contribution in [3.63, 3.8) is 0 Å². The molecular formula is C14H16N4S. The van der Waals surface area contributed by atoms with Gasteiger partial charge >= 0.3 is 0 Å². The largest absolute Gasteiger partial charge is 0.399 e. The number of aryl methyl sites for hydroxylation is 2. The number of aromatic nitrogens is 3. The van der Waals surface area contributed by atoms with Crippen LogP contribution in [0.15, 0.2) is 24.4 Å². The van der Waals surface area contributed by atoms with E-state index >= 15 is 0 Å². The van der Waals surface area contributed by atoms with Crippen molar-refractivity contribution in [2.75, 3.05) is 5.73 Å². The van der Waals surface area contributed by atoms with Crippen LogP contribution < -0.4 is 5.73 Å². The van der Waals surface area contributed by atoms with E-state index in [2.05, 4.69) is 21.5 Å². The number of nitrogen functional groups attached to an aromatic ring is 1. The standard InChI is InChI=1S/C14H16N4S/c1-3-11-7-16-14(19-11)8-18-9(2)17-12-6-10(15)4-5-13(12)18/h4-7H,3,8,15H2,1-2H3. The first-order valence-corrected chi connectivity index (χ1v) is 7.15. The molecule has 98 valence electrons. The molecule has 0 atom stereocenters.